The standard InChI is InChI=1S/C16H9NO3S3/c18-9-6-7-10(19)14-13(9)21-16(22-14)15-12(20)11(17-23-15)8-4-2-1-3-5-8/h1-7,18-19H. The lowest BCUT2D eigenvalue weighted by molar-refractivity contribution is -0.109. The molecule has 2 heterocycles. The molecule has 0 saturated heterocycles. The first-order chi connectivity index (χ1) is 11.1. The number of hydrogen-bond acceptors (Lipinski definition) is 7. The van der Waals surface area contributed by atoms with Gasteiger partial charge in [-0.05, 0) is 12.1 Å². The molecule has 0 radical (unpaired) electrons. The molecule has 2 N–H and O–H groups in total. The topological polar surface area (TPSA) is 69.9 Å². The van der Waals surface area contributed by atoms with Crippen LogP contribution >= 0.6 is 35.5 Å². The van der Waals surface area contributed by atoms with Crippen molar-refractivity contribution in [1.82, 2.24) is 0 Å². The maximum atomic E-state index is 12.7. The maximum Gasteiger partial charge on any atom is 0.222 e. The average molecular weight is 359 g/mol. The predicted octanol–water partition coefficient (Wildman–Crippen LogP) is 4.18. The lowest BCUT2D eigenvalue weighted by atomic mass is 10.1. The van der Waals surface area contributed by atoms with Crippen molar-refractivity contribution in [3.05, 3.63) is 57.2 Å². The van der Waals surface area contributed by atoms with E-state index < -0.39 is 0 Å². The first kappa shape index (κ1) is 14.7. The van der Waals surface area contributed by atoms with Gasteiger partial charge in [-0.3, -0.25) is 4.79 Å². The fourth-order valence-corrected chi connectivity index (χ4v) is 5.73. The van der Waals surface area contributed by atoms with Crippen LogP contribution in [0.5, 0.6) is 11.5 Å². The van der Waals surface area contributed by atoms with E-state index in [2.05, 4.69) is 4.40 Å². The van der Waals surface area contributed by atoms with Crippen LogP contribution in [0.4, 0.5) is 0 Å². The summed E-state index contributed by atoms with van der Waals surface area (Å²) in [6.07, 6.45) is 0. The number of rotatable bonds is 1. The largest absolute Gasteiger partial charge is 0.507 e. The minimum absolute atomic E-state index is 0.102. The first-order valence-corrected chi connectivity index (χ1v) is 9.06. The fraction of sp³-hybridized carbons (Fsp3) is 0. The van der Waals surface area contributed by atoms with E-state index in [9.17, 15) is 15.0 Å². The van der Waals surface area contributed by atoms with Crippen LogP contribution < -0.4 is 0 Å². The number of ketones is 1. The van der Waals surface area contributed by atoms with Gasteiger partial charge in [0, 0.05) is 17.5 Å². The van der Waals surface area contributed by atoms with Crippen molar-refractivity contribution in [3.8, 4) is 11.5 Å². The van der Waals surface area contributed by atoms with Crippen molar-refractivity contribution in [3.63, 3.8) is 0 Å². The number of hydrogen-bond donors (Lipinski definition) is 2. The van der Waals surface area contributed by atoms with Gasteiger partial charge in [0.2, 0.25) is 5.78 Å². The number of carbonyl (C=O) groups excluding carboxylic acids is 1. The summed E-state index contributed by atoms with van der Waals surface area (Å²) in [5, 5.41) is 19.8. The molecule has 0 atom stereocenters. The van der Waals surface area contributed by atoms with Gasteiger partial charge >= 0.3 is 0 Å². The van der Waals surface area contributed by atoms with Crippen molar-refractivity contribution in [2.75, 3.05) is 0 Å². The summed E-state index contributed by atoms with van der Waals surface area (Å²) >= 11 is 3.73. The van der Waals surface area contributed by atoms with Crippen LogP contribution in [0.25, 0.3) is 0 Å². The summed E-state index contributed by atoms with van der Waals surface area (Å²) in [4.78, 5) is 14.4. The number of Topliss-reactive ketones (excluding diaryl/α,β-unsaturated/α-hetero) is 1. The quantitative estimate of drug-likeness (QED) is 0.452. The minimum atomic E-state index is -0.122. The highest BCUT2D eigenvalue weighted by Gasteiger charge is 2.34. The number of aromatic hydroxyl groups is 2. The van der Waals surface area contributed by atoms with Crippen LogP contribution in [0, 0.1) is 0 Å². The minimum Gasteiger partial charge on any atom is -0.507 e. The number of fused-ring (bicyclic) bond motifs is 1. The van der Waals surface area contributed by atoms with E-state index >= 15 is 0 Å². The Balaban J connectivity index is 1.69. The molecule has 0 aromatic heterocycles. The molecule has 23 heavy (non-hydrogen) atoms. The Morgan fingerprint density at radius 3 is 2.09 bits per heavy atom. The van der Waals surface area contributed by atoms with E-state index in [0.717, 1.165) is 21.7 Å². The van der Waals surface area contributed by atoms with Crippen molar-refractivity contribution in [2.24, 2.45) is 4.40 Å². The number of phenolic OH excluding ortho intramolecular Hbond substituents is 2. The number of nitrogens with zero attached hydrogens (tertiary/aromatic N) is 1. The van der Waals surface area contributed by atoms with Crippen molar-refractivity contribution >= 4 is 47.0 Å². The highest BCUT2D eigenvalue weighted by molar-refractivity contribution is 8.25. The molecule has 0 fully saturated rings. The molecular weight excluding hydrogens is 350 g/mol. The zero-order chi connectivity index (χ0) is 16.0. The SMILES string of the molecule is O=C1C(c2ccccc2)=NSC1=C1Sc2c(O)ccc(O)c2S1. The van der Waals surface area contributed by atoms with Gasteiger partial charge in [0.15, 0.2) is 0 Å². The normalized spacial score (nSPS) is 16.7. The number of carbonyl (C=O) groups is 1. The van der Waals surface area contributed by atoms with Gasteiger partial charge in [-0.15, -0.1) is 0 Å². The van der Waals surface area contributed by atoms with Gasteiger partial charge in [-0.25, -0.2) is 4.40 Å². The molecule has 0 aliphatic carbocycles. The average Bonchev–Trinajstić information content (AvgIpc) is 3.16. The molecule has 0 spiro atoms. The molecule has 7 heteroatoms. The van der Waals surface area contributed by atoms with Crippen molar-refractivity contribution < 1.29 is 15.0 Å². The summed E-state index contributed by atoms with van der Waals surface area (Å²) in [5.41, 5.74) is 1.22. The van der Waals surface area contributed by atoms with E-state index in [1.165, 1.54) is 35.7 Å². The first-order valence-electron chi connectivity index (χ1n) is 6.65. The van der Waals surface area contributed by atoms with E-state index in [-0.39, 0.29) is 17.3 Å². The molecule has 114 valence electrons. The van der Waals surface area contributed by atoms with Crippen molar-refractivity contribution in [1.29, 1.82) is 0 Å². The van der Waals surface area contributed by atoms with Crippen LogP contribution in [-0.4, -0.2) is 21.7 Å². The second-order valence-corrected chi connectivity index (χ2v) is 7.88. The van der Waals surface area contributed by atoms with Gasteiger partial charge in [0.25, 0.3) is 0 Å². The van der Waals surface area contributed by atoms with E-state index in [4.69, 9.17) is 0 Å². The van der Waals surface area contributed by atoms with E-state index in [1.54, 1.807) is 0 Å². The van der Waals surface area contributed by atoms with Gasteiger partial charge in [0.05, 0.1) is 14.0 Å². The molecule has 2 aliphatic rings. The molecule has 0 amide bonds. The van der Waals surface area contributed by atoms with Gasteiger partial charge < -0.3 is 10.2 Å². The second kappa shape index (κ2) is 5.67. The van der Waals surface area contributed by atoms with Crippen LogP contribution in [0.2, 0.25) is 0 Å². The Morgan fingerprint density at radius 1 is 0.870 bits per heavy atom. The van der Waals surface area contributed by atoms with Crippen molar-refractivity contribution in [2.45, 2.75) is 9.79 Å². The van der Waals surface area contributed by atoms with Gasteiger partial charge in [-0.1, -0.05) is 53.9 Å². The lowest BCUT2D eigenvalue weighted by Crippen LogP contribution is -2.11. The van der Waals surface area contributed by atoms with Gasteiger partial charge in [-0.2, -0.15) is 0 Å². The zero-order valence-electron chi connectivity index (χ0n) is 11.5. The third-order valence-corrected chi connectivity index (χ3v) is 7.09. The summed E-state index contributed by atoms with van der Waals surface area (Å²) in [7, 11) is 0. The monoisotopic (exact) mass is 359 g/mol. The van der Waals surface area contributed by atoms with Crippen LogP contribution in [0.1, 0.15) is 5.56 Å². The molecule has 4 rings (SSSR count). The molecule has 2 aromatic rings. The lowest BCUT2D eigenvalue weighted by Gasteiger charge is -2.00. The van der Waals surface area contributed by atoms with E-state index in [1.807, 2.05) is 30.3 Å². The highest BCUT2D eigenvalue weighted by Crippen LogP contribution is 2.59. The highest BCUT2D eigenvalue weighted by atomic mass is 32.2. The third-order valence-electron chi connectivity index (χ3n) is 3.34. The fourth-order valence-electron chi connectivity index (χ4n) is 2.23. The smallest absolute Gasteiger partial charge is 0.222 e. The molecule has 4 nitrogen and oxygen atoms in total. The second-order valence-electron chi connectivity index (χ2n) is 4.81. The molecule has 2 aliphatic heterocycles. The van der Waals surface area contributed by atoms with Crippen LogP contribution in [0.3, 0.4) is 0 Å². The number of allylic oxidation sites excluding steroid dienone is 1. The molecule has 0 bridgehead atoms. The van der Waals surface area contributed by atoms with E-state index in [0.29, 0.717) is 20.4 Å². The molecular formula is C16H9NO3S3. The summed E-state index contributed by atoms with van der Waals surface area (Å²) in [6.45, 7) is 0. The molecule has 0 saturated carbocycles. The number of phenols is 2. The number of thioether (sulfide) groups is 2. The van der Waals surface area contributed by atoms with Gasteiger partial charge in [0.1, 0.15) is 22.1 Å². The summed E-state index contributed by atoms with van der Waals surface area (Å²) in [6, 6.07) is 12.2. The molecule has 2 aromatic carbocycles. The summed E-state index contributed by atoms with van der Waals surface area (Å²) < 4.78 is 5.03. The Morgan fingerprint density at radius 2 is 1.48 bits per heavy atom. The molecule has 0 unspecified atom stereocenters. The Hall–Kier alpha value is -1.83. The zero-order valence-corrected chi connectivity index (χ0v) is 14.0. The Bertz CT molecular complexity index is 858. The predicted molar refractivity (Wildman–Crippen MR) is 94.1 cm³/mol. The Labute approximate surface area is 144 Å². The maximum absolute atomic E-state index is 12.7. The summed E-state index contributed by atoms with van der Waals surface area (Å²) in [5.74, 6) is 0.0825. The third kappa shape index (κ3) is 2.45. The number of benzene rings is 2. The van der Waals surface area contributed by atoms with Crippen LogP contribution in [0.15, 0.2) is 65.8 Å². The van der Waals surface area contributed by atoms with Crippen LogP contribution in [-0.2, 0) is 4.79 Å². The Kier molecular flexibility index (Phi) is 3.63.